The van der Waals surface area contributed by atoms with Crippen LogP contribution >= 0.6 is 11.8 Å². The standard InChI is InChI=1S/C22H16N4O2S/c27-26(28)19-8-4-7-18(13-19)21-24-25-14-20(23-22(25)29-21)17-11-9-16(10-12-17)15-5-2-1-3-6-15/h1-14,21,24H. The van der Waals surface area contributed by atoms with Crippen molar-refractivity contribution in [3.05, 3.63) is 101 Å². The largest absolute Gasteiger partial charge is 0.306 e. The van der Waals surface area contributed by atoms with Gasteiger partial charge in [0.25, 0.3) is 5.69 Å². The Morgan fingerprint density at radius 1 is 0.931 bits per heavy atom. The highest BCUT2D eigenvalue weighted by atomic mass is 32.2. The van der Waals surface area contributed by atoms with Gasteiger partial charge in [-0.15, -0.1) is 0 Å². The average Bonchev–Trinajstić information content (AvgIpc) is 3.34. The van der Waals surface area contributed by atoms with Gasteiger partial charge in [-0.1, -0.05) is 78.5 Å². The molecule has 1 aliphatic heterocycles. The Labute approximate surface area is 171 Å². The molecule has 1 unspecified atom stereocenters. The smallest absolute Gasteiger partial charge is 0.269 e. The van der Waals surface area contributed by atoms with Crippen LogP contribution in [0.1, 0.15) is 10.9 Å². The molecular weight excluding hydrogens is 384 g/mol. The summed E-state index contributed by atoms with van der Waals surface area (Å²) in [6, 6.07) is 25.3. The second kappa shape index (κ2) is 7.10. The van der Waals surface area contributed by atoms with Crippen LogP contribution in [0.15, 0.2) is 90.2 Å². The minimum absolute atomic E-state index is 0.0913. The van der Waals surface area contributed by atoms with Crippen molar-refractivity contribution in [2.75, 3.05) is 5.43 Å². The zero-order chi connectivity index (χ0) is 19.8. The first-order valence-corrected chi connectivity index (χ1v) is 9.98. The number of thioether (sulfide) groups is 1. The molecule has 142 valence electrons. The fourth-order valence-electron chi connectivity index (χ4n) is 3.34. The van der Waals surface area contributed by atoms with E-state index in [1.807, 2.05) is 35.1 Å². The second-order valence-electron chi connectivity index (χ2n) is 6.70. The zero-order valence-corrected chi connectivity index (χ0v) is 16.0. The van der Waals surface area contributed by atoms with Gasteiger partial charge in [-0.05, 0) is 16.7 Å². The first-order chi connectivity index (χ1) is 14.2. The molecule has 0 fully saturated rings. The lowest BCUT2D eigenvalue weighted by Gasteiger charge is -2.10. The molecule has 0 aliphatic carbocycles. The molecule has 0 saturated carbocycles. The highest BCUT2D eigenvalue weighted by molar-refractivity contribution is 7.99. The number of aromatic nitrogens is 2. The summed E-state index contributed by atoms with van der Waals surface area (Å²) in [4.78, 5) is 15.4. The predicted molar refractivity (Wildman–Crippen MR) is 114 cm³/mol. The lowest BCUT2D eigenvalue weighted by atomic mass is 10.0. The number of nitrogens with one attached hydrogen (secondary N) is 1. The van der Waals surface area contributed by atoms with E-state index < -0.39 is 0 Å². The van der Waals surface area contributed by atoms with Crippen LogP contribution in [-0.4, -0.2) is 14.6 Å². The van der Waals surface area contributed by atoms with Gasteiger partial charge < -0.3 is 5.43 Å². The van der Waals surface area contributed by atoms with Gasteiger partial charge in [-0.2, -0.15) is 0 Å². The molecule has 29 heavy (non-hydrogen) atoms. The molecule has 4 aromatic rings. The van der Waals surface area contributed by atoms with Gasteiger partial charge >= 0.3 is 0 Å². The van der Waals surface area contributed by atoms with Crippen LogP contribution in [0, 0.1) is 10.1 Å². The van der Waals surface area contributed by atoms with Crippen LogP contribution in [0.4, 0.5) is 5.69 Å². The number of rotatable bonds is 4. The third-order valence-electron chi connectivity index (χ3n) is 4.82. The van der Waals surface area contributed by atoms with Gasteiger partial charge in [-0.3, -0.25) is 10.1 Å². The van der Waals surface area contributed by atoms with Crippen molar-refractivity contribution in [1.29, 1.82) is 0 Å². The third kappa shape index (κ3) is 3.36. The van der Waals surface area contributed by atoms with E-state index in [0.717, 1.165) is 22.0 Å². The molecule has 1 atom stereocenters. The summed E-state index contributed by atoms with van der Waals surface area (Å²) in [5.41, 5.74) is 8.56. The number of benzene rings is 3. The Balaban J connectivity index is 1.35. The fraction of sp³-hybridized carbons (Fsp3) is 0.0455. The number of nitro benzene ring substituents is 1. The van der Waals surface area contributed by atoms with Crippen LogP contribution in [-0.2, 0) is 0 Å². The number of non-ortho nitro benzene ring substituents is 1. The topological polar surface area (TPSA) is 73.0 Å². The first-order valence-electron chi connectivity index (χ1n) is 9.10. The van der Waals surface area contributed by atoms with Crippen LogP contribution in [0.5, 0.6) is 0 Å². The lowest BCUT2D eigenvalue weighted by Crippen LogP contribution is -2.11. The summed E-state index contributed by atoms with van der Waals surface area (Å²) in [7, 11) is 0. The highest BCUT2D eigenvalue weighted by Crippen LogP contribution is 2.40. The maximum atomic E-state index is 11.0. The van der Waals surface area contributed by atoms with Crippen molar-refractivity contribution < 1.29 is 4.92 Å². The van der Waals surface area contributed by atoms with E-state index in [9.17, 15) is 10.1 Å². The summed E-state index contributed by atoms with van der Waals surface area (Å²) in [6.07, 6.45) is 1.96. The number of nitrogens with zero attached hydrogens (tertiary/aromatic N) is 3. The van der Waals surface area contributed by atoms with Crippen LogP contribution < -0.4 is 5.43 Å². The maximum absolute atomic E-state index is 11.0. The minimum Gasteiger partial charge on any atom is -0.306 e. The number of imidazole rings is 1. The molecule has 0 saturated heterocycles. The molecule has 0 spiro atoms. The number of nitro groups is 1. The Kier molecular flexibility index (Phi) is 4.29. The summed E-state index contributed by atoms with van der Waals surface area (Å²) in [5.74, 6) is 0. The van der Waals surface area contributed by atoms with Crippen molar-refractivity contribution >= 4 is 17.4 Å². The van der Waals surface area contributed by atoms with Gasteiger partial charge in [0, 0.05) is 17.7 Å². The van der Waals surface area contributed by atoms with Gasteiger partial charge in [0.05, 0.1) is 16.8 Å². The second-order valence-corrected chi connectivity index (χ2v) is 7.77. The molecule has 0 bridgehead atoms. The molecule has 1 aliphatic rings. The number of hydrogen-bond donors (Lipinski definition) is 1. The summed E-state index contributed by atoms with van der Waals surface area (Å²) in [5, 5.41) is 11.7. The summed E-state index contributed by atoms with van der Waals surface area (Å²) in [6.45, 7) is 0. The predicted octanol–water partition coefficient (Wildman–Crippen LogP) is 5.47. The Hall–Kier alpha value is -3.58. The molecule has 6 nitrogen and oxygen atoms in total. The molecule has 0 radical (unpaired) electrons. The lowest BCUT2D eigenvalue weighted by molar-refractivity contribution is -0.384. The van der Waals surface area contributed by atoms with E-state index in [4.69, 9.17) is 4.98 Å². The first kappa shape index (κ1) is 17.5. The molecule has 2 heterocycles. The normalized spacial score (nSPS) is 15.0. The highest BCUT2D eigenvalue weighted by Gasteiger charge is 2.26. The Morgan fingerprint density at radius 3 is 2.38 bits per heavy atom. The molecule has 3 aromatic carbocycles. The number of hydrogen-bond acceptors (Lipinski definition) is 5. The quantitative estimate of drug-likeness (QED) is 0.363. The van der Waals surface area contributed by atoms with E-state index in [0.29, 0.717) is 0 Å². The molecule has 1 aromatic heterocycles. The molecule has 5 rings (SSSR count). The van der Waals surface area contributed by atoms with Crippen molar-refractivity contribution in [3.63, 3.8) is 0 Å². The zero-order valence-electron chi connectivity index (χ0n) is 15.2. The maximum Gasteiger partial charge on any atom is 0.269 e. The average molecular weight is 400 g/mol. The van der Waals surface area contributed by atoms with Crippen molar-refractivity contribution in [1.82, 2.24) is 9.66 Å². The Morgan fingerprint density at radius 2 is 1.66 bits per heavy atom. The van der Waals surface area contributed by atoms with Crippen molar-refractivity contribution in [3.8, 4) is 22.4 Å². The van der Waals surface area contributed by atoms with E-state index >= 15 is 0 Å². The SMILES string of the molecule is O=[N+]([O-])c1cccc(C2Nn3cc(-c4ccc(-c5ccccc5)cc4)nc3S2)c1. The molecule has 1 N–H and O–H groups in total. The van der Waals surface area contributed by atoms with E-state index in [-0.39, 0.29) is 16.0 Å². The van der Waals surface area contributed by atoms with Gasteiger partial charge in [0.15, 0.2) is 5.16 Å². The molecular formula is C22H16N4O2S. The summed E-state index contributed by atoms with van der Waals surface area (Å²) < 4.78 is 1.88. The van der Waals surface area contributed by atoms with Gasteiger partial charge in [0.1, 0.15) is 5.37 Å². The van der Waals surface area contributed by atoms with Crippen molar-refractivity contribution in [2.24, 2.45) is 0 Å². The van der Waals surface area contributed by atoms with E-state index in [1.54, 1.807) is 23.9 Å². The molecule has 0 amide bonds. The monoisotopic (exact) mass is 400 g/mol. The fourth-order valence-corrected chi connectivity index (χ4v) is 4.37. The van der Waals surface area contributed by atoms with E-state index in [1.165, 1.54) is 17.2 Å². The number of fused-ring (bicyclic) bond motifs is 1. The van der Waals surface area contributed by atoms with E-state index in [2.05, 4.69) is 41.8 Å². The van der Waals surface area contributed by atoms with Gasteiger partial charge in [0.2, 0.25) is 0 Å². The molecule has 7 heteroatoms. The Bertz CT molecular complexity index is 1170. The van der Waals surface area contributed by atoms with Crippen LogP contribution in [0.2, 0.25) is 0 Å². The summed E-state index contributed by atoms with van der Waals surface area (Å²) >= 11 is 1.54. The van der Waals surface area contributed by atoms with Crippen LogP contribution in [0.25, 0.3) is 22.4 Å². The van der Waals surface area contributed by atoms with Gasteiger partial charge in [-0.25, -0.2) is 9.66 Å². The minimum atomic E-state index is -0.376. The van der Waals surface area contributed by atoms with Crippen molar-refractivity contribution in [2.45, 2.75) is 10.5 Å². The van der Waals surface area contributed by atoms with Crippen LogP contribution in [0.3, 0.4) is 0 Å². The third-order valence-corrected chi connectivity index (χ3v) is 5.94.